The van der Waals surface area contributed by atoms with E-state index in [1.807, 2.05) is 0 Å². The number of piperazine rings is 1. The van der Waals surface area contributed by atoms with Crippen molar-refractivity contribution >= 4 is 0 Å². The summed E-state index contributed by atoms with van der Waals surface area (Å²) >= 11 is 0. The maximum absolute atomic E-state index is 3.75. The topological polar surface area (TPSA) is 15.3 Å². The Morgan fingerprint density at radius 3 is 2.33 bits per heavy atom. The van der Waals surface area contributed by atoms with Gasteiger partial charge in [0.2, 0.25) is 0 Å². The van der Waals surface area contributed by atoms with E-state index in [0.717, 1.165) is 23.8 Å². The zero-order chi connectivity index (χ0) is 12.8. The Hall–Kier alpha value is -0.0800. The molecule has 0 spiro atoms. The lowest BCUT2D eigenvalue weighted by atomic mass is 9.91. The SMILES string of the molecule is CCC1(C)CN(CC(C2CC2)C2CC2)C(C)CN1. The van der Waals surface area contributed by atoms with E-state index < -0.39 is 0 Å². The molecule has 0 aromatic heterocycles. The predicted octanol–water partition coefficient (Wildman–Crippen LogP) is 2.89. The summed E-state index contributed by atoms with van der Waals surface area (Å²) in [6.07, 6.45) is 7.33. The molecule has 1 aliphatic heterocycles. The summed E-state index contributed by atoms with van der Waals surface area (Å²) < 4.78 is 0. The van der Waals surface area contributed by atoms with E-state index in [1.165, 1.54) is 51.7 Å². The summed E-state index contributed by atoms with van der Waals surface area (Å²) in [6, 6.07) is 0.727. The molecule has 0 aromatic rings. The van der Waals surface area contributed by atoms with E-state index >= 15 is 0 Å². The lowest BCUT2D eigenvalue weighted by Gasteiger charge is -2.46. The third kappa shape index (κ3) is 2.75. The van der Waals surface area contributed by atoms with E-state index in [-0.39, 0.29) is 0 Å². The quantitative estimate of drug-likeness (QED) is 0.807. The van der Waals surface area contributed by atoms with Crippen molar-refractivity contribution in [3.8, 4) is 0 Å². The number of nitrogens with zero attached hydrogens (tertiary/aromatic N) is 1. The molecule has 2 unspecified atom stereocenters. The first-order valence-corrected chi connectivity index (χ1v) is 8.10. The van der Waals surface area contributed by atoms with Gasteiger partial charge in [-0.05, 0) is 63.7 Å². The predicted molar refractivity (Wildman–Crippen MR) is 76.7 cm³/mol. The van der Waals surface area contributed by atoms with Crippen LogP contribution in [0, 0.1) is 17.8 Å². The highest BCUT2D eigenvalue weighted by atomic mass is 15.2. The number of hydrogen-bond donors (Lipinski definition) is 1. The molecule has 0 amide bonds. The van der Waals surface area contributed by atoms with Crippen molar-refractivity contribution in [3.63, 3.8) is 0 Å². The van der Waals surface area contributed by atoms with Crippen LogP contribution >= 0.6 is 0 Å². The van der Waals surface area contributed by atoms with Gasteiger partial charge in [-0.1, -0.05) is 6.92 Å². The minimum atomic E-state index is 0.351. The van der Waals surface area contributed by atoms with Gasteiger partial charge in [-0.3, -0.25) is 4.90 Å². The van der Waals surface area contributed by atoms with Crippen LogP contribution in [-0.2, 0) is 0 Å². The molecule has 0 aromatic carbocycles. The molecule has 3 fully saturated rings. The van der Waals surface area contributed by atoms with Crippen LogP contribution in [-0.4, -0.2) is 36.1 Å². The van der Waals surface area contributed by atoms with Gasteiger partial charge in [-0.15, -0.1) is 0 Å². The smallest absolute Gasteiger partial charge is 0.0278 e. The standard InChI is InChI=1S/C16H30N2/c1-4-16(3)11-18(12(2)9-17-16)10-15(13-5-6-13)14-7-8-14/h12-15,17H,4-11H2,1-3H3. The maximum atomic E-state index is 3.75. The van der Waals surface area contributed by atoms with Crippen molar-refractivity contribution in [3.05, 3.63) is 0 Å². The minimum Gasteiger partial charge on any atom is -0.309 e. The molecule has 104 valence electrons. The lowest BCUT2D eigenvalue weighted by molar-refractivity contribution is 0.0700. The van der Waals surface area contributed by atoms with Crippen LogP contribution in [0.15, 0.2) is 0 Å². The lowest BCUT2D eigenvalue weighted by Crippen LogP contribution is -2.62. The van der Waals surface area contributed by atoms with Gasteiger partial charge in [0.15, 0.2) is 0 Å². The second kappa shape index (κ2) is 4.79. The number of hydrogen-bond acceptors (Lipinski definition) is 2. The zero-order valence-corrected chi connectivity index (χ0v) is 12.4. The average molecular weight is 250 g/mol. The molecule has 3 aliphatic rings. The summed E-state index contributed by atoms with van der Waals surface area (Å²) in [5.41, 5.74) is 0.351. The first-order chi connectivity index (χ1) is 8.61. The van der Waals surface area contributed by atoms with E-state index in [0.29, 0.717) is 5.54 Å². The Kier molecular flexibility index (Phi) is 3.44. The van der Waals surface area contributed by atoms with Crippen LogP contribution in [0.25, 0.3) is 0 Å². The Morgan fingerprint density at radius 2 is 1.83 bits per heavy atom. The first kappa shape index (κ1) is 12.9. The molecule has 0 radical (unpaired) electrons. The molecule has 18 heavy (non-hydrogen) atoms. The molecule has 0 bridgehead atoms. The number of rotatable bonds is 5. The van der Waals surface area contributed by atoms with E-state index in [4.69, 9.17) is 0 Å². The van der Waals surface area contributed by atoms with E-state index in [2.05, 4.69) is 31.0 Å². The minimum absolute atomic E-state index is 0.351. The molecular formula is C16H30N2. The highest BCUT2D eigenvalue weighted by Crippen LogP contribution is 2.49. The monoisotopic (exact) mass is 250 g/mol. The van der Waals surface area contributed by atoms with Gasteiger partial charge >= 0.3 is 0 Å². The van der Waals surface area contributed by atoms with Gasteiger partial charge in [0.25, 0.3) is 0 Å². The van der Waals surface area contributed by atoms with Gasteiger partial charge < -0.3 is 5.32 Å². The molecule has 2 atom stereocenters. The second-order valence-electron chi connectivity index (χ2n) is 7.41. The molecule has 1 saturated heterocycles. The highest BCUT2D eigenvalue weighted by Gasteiger charge is 2.43. The number of nitrogens with one attached hydrogen (secondary N) is 1. The fourth-order valence-electron chi connectivity index (χ4n) is 3.67. The summed E-state index contributed by atoms with van der Waals surface area (Å²) in [6.45, 7) is 10.9. The van der Waals surface area contributed by atoms with E-state index in [1.54, 1.807) is 0 Å². The Bertz CT molecular complexity index is 283. The van der Waals surface area contributed by atoms with Crippen molar-refractivity contribution in [2.75, 3.05) is 19.6 Å². The highest BCUT2D eigenvalue weighted by molar-refractivity contribution is 4.97. The summed E-state index contributed by atoms with van der Waals surface area (Å²) in [4.78, 5) is 2.79. The normalized spacial score (nSPS) is 38.3. The maximum Gasteiger partial charge on any atom is 0.0278 e. The Labute approximate surface area is 113 Å². The molecule has 3 rings (SSSR count). The fourth-order valence-corrected chi connectivity index (χ4v) is 3.67. The first-order valence-electron chi connectivity index (χ1n) is 8.10. The third-order valence-corrected chi connectivity index (χ3v) is 5.68. The van der Waals surface area contributed by atoms with Crippen LogP contribution in [0.4, 0.5) is 0 Å². The fraction of sp³-hybridized carbons (Fsp3) is 1.00. The summed E-state index contributed by atoms with van der Waals surface area (Å²) in [5.74, 6) is 3.21. The van der Waals surface area contributed by atoms with Crippen molar-refractivity contribution < 1.29 is 0 Å². The molecular weight excluding hydrogens is 220 g/mol. The summed E-state index contributed by atoms with van der Waals surface area (Å²) in [7, 11) is 0. The van der Waals surface area contributed by atoms with Gasteiger partial charge in [-0.25, -0.2) is 0 Å². The Balaban J connectivity index is 1.62. The molecule has 2 saturated carbocycles. The molecule has 2 heteroatoms. The van der Waals surface area contributed by atoms with Crippen molar-refractivity contribution in [1.29, 1.82) is 0 Å². The van der Waals surface area contributed by atoms with Crippen LogP contribution in [0.2, 0.25) is 0 Å². The molecule has 1 heterocycles. The largest absolute Gasteiger partial charge is 0.309 e. The summed E-state index contributed by atoms with van der Waals surface area (Å²) in [5, 5.41) is 3.75. The molecule has 2 aliphatic carbocycles. The zero-order valence-electron chi connectivity index (χ0n) is 12.4. The molecule has 1 N–H and O–H groups in total. The van der Waals surface area contributed by atoms with Gasteiger partial charge in [0.1, 0.15) is 0 Å². The Morgan fingerprint density at radius 1 is 1.22 bits per heavy atom. The average Bonchev–Trinajstić information content (AvgIpc) is 3.23. The van der Waals surface area contributed by atoms with Gasteiger partial charge in [0.05, 0.1) is 0 Å². The second-order valence-corrected chi connectivity index (χ2v) is 7.41. The van der Waals surface area contributed by atoms with E-state index in [9.17, 15) is 0 Å². The van der Waals surface area contributed by atoms with Gasteiger partial charge in [-0.2, -0.15) is 0 Å². The van der Waals surface area contributed by atoms with Crippen LogP contribution in [0.1, 0.15) is 52.9 Å². The van der Waals surface area contributed by atoms with Crippen molar-refractivity contribution in [2.45, 2.75) is 64.5 Å². The van der Waals surface area contributed by atoms with Crippen LogP contribution in [0.5, 0.6) is 0 Å². The third-order valence-electron chi connectivity index (χ3n) is 5.68. The van der Waals surface area contributed by atoms with Gasteiger partial charge in [0, 0.05) is 31.2 Å². The molecule has 2 nitrogen and oxygen atoms in total. The van der Waals surface area contributed by atoms with Crippen molar-refractivity contribution in [1.82, 2.24) is 10.2 Å². The van der Waals surface area contributed by atoms with Crippen LogP contribution < -0.4 is 5.32 Å². The van der Waals surface area contributed by atoms with Crippen molar-refractivity contribution in [2.24, 2.45) is 17.8 Å². The van der Waals surface area contributed by atoms with Crippen LogP contribution in [0.3, 0.4) is 0 Å².